The molecular weight excluding hydrogens is 538 g/mol. The second kappa shape index (κ2) is 9.30. The summed E-state index contributed by atoms with van der Waals surface area (Å²) >= 11 is 6.90. The molecule has 0 radical (unpaired) electrons. The molecule has 5 rings (SSSR count). The van der Waals surface area contributed by atoms with Crippen LogP contribution in [0.1, 0.15) is 49.8 Å². The predicted octanol–water partition coefficient (Wildman–Crippen LogP) is 2.24. The lowest BCUT2D eigenvalue weighted by molar-refractivity contribution is -0.153. The molecule has 1 aromatic carbocycles. The van der Waals surface area contributed by atoms with Crippen LogP contribution in [0.2, 0.25) is 5.02 Å². The second-order valence-corrected chi connectivity index (χ2v) is 12.8. The van der Waals surface area contributed by atoms with Crippen molar-refractivity contribution in [1.82, 2.24) is 9.80 Å². The molecule has 2 saturated carbocycles. The van der Waals surface area contributed by atoms with Gasteiger partial charge in [-0.15, -0.1) is 0 Å². The molecule has 216 valence electrons. The maximum atomic E-state index is 13.9. The fraction of sp³-hybridized carbons (Fsp3) is 0.552. The molecule has 0 heterocycles. The minimum Gasteiger partial charge on any atom is -0.508 e. The Bertz CT molecular complexity index is 1410. The third-order valence-corrected chi connectivity index (χ3v) is 10.2. The summed E-state index contributed by atoms with van der Waals surface area (Å²) in [5.74, 6) is -6.25. The van der Waals surface area contributed by atoms with Crippen LogP contribution >= 0.6 is 11.6 Å². The van der Waals surface area contributed by atoms with Crippen LogP contribution in [-0.4, -0.2) is 86.0 Å². The molecule has 1 amide bonds. The van der Waals surface area contributed by atoms with E-state index in [0.717, 1.165) is 12.8 Å². The number of hydrogen-bond acceptors (Lipinski definition) is 9. The van der Waals surface area contributed by atoms with E-state index in [2.05, 4.69) is 18.7 Å². The average Bonchev–Trinajstić information content (AvgIpc) is 3.70. The van der Waals surface area contributed by atoms with Gasteiger partial charge in [0.25, 0.3) is 5.91 Å². The van der Waals surface area contributed by atoms with E-state index in [1.807, 2.05) is 7.05 Å². The Morgan fingerprint density at radius 3 is 2.35 bits per heavy atom. The summed E-state index contributed by atoms with van der Waals surface area (Å²) in [7, 11) is 5.13. The Balaban J connectivity index is 1.62. The number of carbonyl (C=O) groups is 3. The number of carbonyl (C=O) groups excluding carboxylic acids is 3. The van der Waals surface area contributed by atoms with E-state index >= 15 is 0 Å². The maximum Gasteiger partial charge on any atom is 0.255 e. The molecule has 6 N–H and O–H groups in total. The molecule has 0 saturated heterocycles. The Hall–Kier alpha value is -2.92. The molecule has 0 unspecified atom stereocenters. The third-order valence-electron chi connectivity index (χ3n) is 9.70. The molecular formula is C29H36ClN3O7. The summed E-state index contributed by atoms with van der Waals surface area (Å²) in [6.07, 6.45) is 2.49. The number of nitrogens with two attached hydrogens (primary N) is 1. The van der Waals surface area contributed by atoms with Gasteiger partial charge in [-0.1, -0.05) is 11.6 Å². The normalized spacial score (nSPS) is 28.7. The SMILES string of the molecule is CN(C)[C@@H]1C(=O)C(C(N)=O)=C(O)[C@@]2(O)C(=O)C3=C(O)c4c(O)cc(CN(C)C(C)(C)C5CC5)c(Cl)c4C[C@H]3C[C@@H]12. The Morgan fingerprint density at radius 2 is 1.80 bits per heavy atom. The van der Waals surface area contributed by atoms with E-state index in [9.17, 15) is 34.8 Å². The van der Waals surface area contributed by atoms with Gasteiger partial charge in [0.15, 0.2) is 11.4 Å². The summed E-state index contributed by atoms with van der Waals surface area (Å²) in [4.78, 5) is 42.9. The fourth-order valence-electron chi connectivity index (χ4n) is 7.02. The van der Waals surface area contributed by atoms with Gasteiger partial charge in [0, 0.05) is 28.6 Å². The number of phenolic OH excluding ortho intramolecular Hbond substituents is 1. The highest BCUT2D eigenvalue weighted by Crippen LogP contribution is 2.54. The van der Waals surface area contributed by atoms with E-state index in [1.165, 1.54) is 11.0 Å². The van der Waals surface area contributed by atoms with Crippen LogP contribution in [0.15, 0.2) is 23.0 Å². The van der Waals surface area contributed by atoms with Gasteiger partial charge in [0.05, 0.1) is 11.6 Å². The monoisotopic (exact) mass is 573 g/mol. The zero-order chi connectivity index (χ0) is 29.6. The maximum absolute atomic E-state index is 13.9. The number of aliphatic hydroxyl groups is 3. The van der Waals surface area contributed by atoms with Crippen LogP contribution < -0.4 is 5.73 Å². The van der Waals surface area contributed by atoms with Crippen LogP contribution in [0, 0.1) is 17.8 Å². The molecule has 40 heavy (non-hydrogen) atoms. The first-order valence-corrected chi connectivity index (χ1v) is 13.8. The number of primary amides is 1. The van der Waals surface area contributed by atoms with Crippen molar-refractivity contribution >= 4 is 34.8 Å². The minimum atomic E-state index is -2.67. The summed E-state index contributed by atoms with van der Waals surface area (Å²) < 4.78 is 0. The van der Waals surface area contributed by atoms with Crippen LogP contribution in [-0.2, 0) is 27.3 Å². The van der Waals surface area contributed by atoms with Gasteiger partial charge in [0.1, 0.15) is 22.8 Å². The predicted molar refractivity (Wildman–Crippen MR) is 148 cm³/mol. The van der Waals surface area contributed by atoms with Gasteiger partial charge >= 0.3 is 0 Å². The number of fused-ring (bicyclic) bond motifs is 3. The quantitative estimate of drug-likeness (QED) is 0.321. The zero-order valence-electron chi connectivity index (χ0n) is 23.3. The number of ketones is 2. The lowest BCUT2D eigenvalue weighted by Crippen LogP contribution is -2.65. The molecule has 4 atom stereocenters. The molecule has 11 heteroatoms. The van der Waals surface area contributed by atoms with E-state index in [4.69, 9.17) is 17.3 Å². The summed E-state index contributed by atoms with van der Waals surface area (Å²) in [6.45, 7) is 4.80. The number of hydrogen-bond donors (Lipinski definition) is 5. The number of aromatic hydroxyl groups is 1. The minimum absolute atomic E-state index is 0.00542. The van der Waals surface area contributed by atoms with Crippen LogP contribution in [0.5, 0.6) is 5.75 Å². The standard InChI is InChI=1S/C29H36ClN3O7/c1-28(2,14-6-7-14)33(5)11-13-10-17(34)19-15(21(13)30)8-12-9-16-22(32(3)4)24(36)20(27(31)39)26(38)29(16,40)25(37)18(12)23(19)35/h10,12,14,16,22,34-35,38,40H,6-9,11H2,1-5H3,(H2,31,39)/t12-,16-,22-,29-/m0/s1. The number of rotatable bonds is 6. The average molecular weight is 574 g/mol. The van der Waals surface area contributed by atoms with Crippen molar-refractivity contribution in [3.8, 4) is 5.75 Å². The second-order valence-electron chi connectivity index (χ2n) is 12.5. The largest absolute Gasteiger partial charge is 0.508 e. The Labute approximate surface area is 237 Å². The zero-order valence-corrected chi connectivity index (χ0v) is 24.0. The number of likely N-dealkylation sites (N-methyl/N-ethyl adjacent to an activating group) is 1. The number of benzene rings is 1. The highest BCUT2D eigenvalue weighted by atomic mass is 35.5. The first-order valence-electron chi connectivity index (χ1n) is 13.4. The number of phenols is 1. The highest BCUT2D eigenvalue weighted by Gasteiger charge is 2.64. The van der Waals surface area contributed by atoms with E-state index in [-0.39, 0.29) is 35.3 Å². The molecule has 2 fully saturated rings. The first-order chi connectivity index (χ1) is 18.5. The molecule has 0 aromatic heterocycles. The van der Waals surface area contributed by atoms with Gasteiger partial charge in [-0.05, 0) is 89.7 Å². The lowest BCUT2D eigenvalue weighted by atomic mass is 9.57. The molecule has 1 aromatic rings. The third kappa shape index (κ3) is 3.91. The van der Waals surface area contributed by atoms with Gasteiger partial charge in [-0.25, -0.2) is 0 Å². The molecule has 0 bridgehead atoms. The summed E-state index contributed by atoms with van der Waals surface area (Å²) in [6, 6.07) is 0.345. The number of halogens is 1. The number of aliphatic hydroxyl groups excluding tert-OH is 2. The molecule has 10 nitrogen and oxygen atoms in total. The van der Waals surface area contributed by atoms with E-state index < -0.39 is 58.0 Å². The van der Waals surface area contributed by atoms with Crippen molar-refractivity contribution in [3.63, 3.8) is 0 Å². The summed E-state index contributed by atoms with van der Waals surface area (Å²) in [5.41, 5.74) is 2.73. The van der Waals surface area contributed by atoms with Crippen LogP contribution in [0.4, 0.5) is 0 Å². The number of nitrogens with zero attached hydrogens (tertiary/aromatic N) is 2. The van der Waals surface area contributed by atoms with E-state index in [0.29, 0.717) is 28.6 Å². The molecule has 0 spiro atoms. The van der Waals surface area contributed by atoms with Gasteiger partial charge < -0.3 is 26.2 Å². The van der Waals surface area contributed by atoms with E-state index in [1.54, 1.807) is 14.1 Å². The Morgan fingerprint density at radius 1 is 1.18 bits per heavy atom. The number of amides is 1. The van der Waals surface area contributed by atoms with Crippen molar-refractivity contribution in [1.29, 1.82) is 0 Å². The topological polar surface area (TPSA) is 165 Å². The van der Waals surface area contributed by atoms with Crippen molar-refractivity contribution in [2.24, 2.45) is 23.5 Å². The number of Topliss-reactive ketones (excluding diaryl/α,β-unsaturated/α-hetero) is 2. The van der Waals surface area contributed by atoms with Gasteiger partial charge in [0.2, 0.25) is 5.78 Å². The smallest absolute Gasteiger partial charge is 0.255 e. The van der Waals surface area contributed by atoms with Crippen LogP contribution in [0.25, 0.3) is 5.76 Å². The highest BCUT2D eigenvalue weighted by molar-refractivity contribution is 6.32. The molecule has 4 aliphatic rings. The van der Waals surface area contributed by atoms with Crippen LogP contribution in [0.3, 0.4) is 0 Å². The molecule has 0 aliphatic heterocycles. The van der Waals surface area contributed by atoms with Crippen molar-refractivity contribution in [2.45, 2.75) is 63.3 Å². The van der Waals surface area contributed by atoms with Gasteiger partial charge in [-0.3, -0.25) is 24.2 Å². The van der Waals surface area contributed by atoms with Crippen molar-refractivity contribution < 1.29 is 34.8 Å². The fourth-order valence-corrected chi connectivity index (χ4v) is 7.31. The van der Waals surface area contributed by atoms with Crippen molar-refractivity contribution in [2.75, 3.05) is 21.1 Å². The summed E-state index contributed by atoms with van der Waals surface area (Å²) in [5, 5.41) is 45.4. The van der Waals surface area contributed by atoms with Gasteiger partial charge in [-0.2, -0.15) is 0 Å². The lowest BCUT2D eigenvalue weighted by Gasteiger charge is -2.50. The molecule has 4 aliphatic carbocycles. The van der Waals surface area contributed by atoms with Crippen molar-refractivity contribution in [3.05, 3.63) is 44.7 Å². The first kappa shape index (κ1) is 28.6. The Kier molecular flexibility index (Phi) is 6.65.